The highest BCUT2D eigenvalue weighted by atomic mass is 16.6. The lowest BCUT2D eigenvalue weighted by Crippen LogP contribution is -2.00. The van der Waals surface area contributed by atoms with Crippen LogP contribution in [0.1, 0.15) is 64.7 Å². The maximum absolute atomic E-state index is 10.4. The predicted octanol–water partition coefficient (Wildman–Crippen LogP) is 4.40. The van der Waals surface area contributed by atoms with E-state index in [-0.39, 0.29) is 18.6 Å². The Labute approximate surface area is 145 Å². The summed E-state index contributed by atoms with van der Waals surface area (Å²) in [7, 11) is 0. The first-order chi connectivity index (χ1) is 11.6. The van der Waals surface area contributed by atoms with E-state index >= 15 is 0 Å². The van der Waals surface area contributed by atoms with Crippen LogP contribution in [0.2, 0.25) is 0 Å². The smallest absolute Gasteiger partial charge is 0.303 e. The van der Waals surface area contributed by atoms with E-state index in [0.717, 1.165) is 19.3 Å². The van der Waals surface area contributed by atoms with Gasteiger partial charge < -0.3 is 14.9 Å². The third kappa shape index (κ3) is 11.2. The van der Waals surface area contributed by atoms with E-state index in [9.17, 15) is 9.90 Å². The number of rotatable bonds is 14. The molecular weight excluding hydrogens is 304 g/mol. The lowest BCUT2D eigenvalue weighted by atomic mass is 10.1. The number of aliphatic carboxylic acids is 1. The van der Waals surface area contributed by atoms with Gasteiger partial charge in [0.2, 0.25) is 0 Å². The average molecular weight is 336 g/mol. The zero-order valence-electron chi connectivity index (χ0n) is 14.8. The third-order valence-corrected chi connectivity index (χ3v) is 3.96. The second-order valence-electron chi connectivity index (χ2n) is 6.29. The van der Waals surface area contributed by atoms with Crippen LogP contribution in [-0.2, 0) is 9.53 Å². The van der Waals surface area contributed by atoms with E-state index in [2.05, 4.69) is 19.1 Å². The van der Waals surface area contributed by atoms with Crippen LogP contribution in [0.3, 0.4) is 0 Å². The summed E-state index contributed by atoms with van der Waals surface area (Å²) in [6.07, 6.45) is 19.9. The first-order valence-corrected chi connectivity index (χ1v) is 9.17. The van der Waals surface area contributed by atoms with Crippen molar-refractivity contribution in [2.75, 3.05) is 0 Å². The molecule has 1 saturated heterocycles. The molecule has 2 N–H and O–H groups in total. The molecule has 0 aliphatic carbocycles. The zero-order chi connectivity index (χ0) is 17.6. The van der Waals surface area contributed by atoms with Crippen molar-refractivity contribution >= 4 is 5.97 Å². The molecule has 136 valence electrons. The van der Waals surface area contributed by atoms with Crippen molar-refractivity contribution in [1.82, 2.24) is 0 Å². The van der Waals surface area contributed by atoms with Crippen molar-refractivity contribution < 1.29 is 19.7 Å². The summed E-state index contributed by atoms with van der Waals surface area (Å²) < 4.78 is 5.55. The highest BCUT2D eigenvalue weighted by molar-refractivity contribution is 5.66. The minimum Gasteiger partial charge on any atom is -0.481 e. The number of hydrogen-bond acceptors (Lipinski definition) is 3. The third-order valence-electron chi connectivity index (χ3n) is 3.96. The standard InChI is InChI=1S/C20H32O4/c1-2-3-4-5-6-10-13-18-19(24-18)16-15-17(21)12-9-7-8-11-14-20(22)23/h6-7,9-10,15-19,21H,2-5,8,11-14H2,1H3,(H,22,23)/b9-7-,10-6-,16-15+/t17?,18-,19-/m1/s1. The highest BCUT2D eigenvalue weighted by Crippen LogP contribution is 2.27. The van der Waals surface area contributed by atoms with Gasteiger partial charge in [-0.1, -0.05) is 56.2 Å². The number of allylic oxidation sites excluding steroid dienone is 2. The first kappa shape index (κ1) is 20.7. The Hall–Kier alpha value is -1.39. The normalized spacial score (nSPS) is 21.9. The van der Waals surface area contributed by atoms with Crippen LogP contribution < -0.4 is 0 Å². The molecular formula is C20H32O4. The van der Waals surface area contributed by atoms with Gasteiger partial charge in [-0.15, -0.1) is 0 Å². The molecule has 1 unspecified atom stereocenters. The summed E-state index contributed by atoms with van der Waals surface area (Å²) in [4.78, 5) is 10.4. The summed E-state index contributed by atoms with van der Waals surface area (Å²) in [5.41, 5.74) is 0. The number of epoxide rings is 1. The monoisotopic (exact) mass is 336 g/mol. The zero-order valence-corrected chi connectivity index (χ0v) is 14.8. The van der Waals surface area contributed by atoms with Gasteiger partial charge >= 0.3 is 5.97 Å². The van der Waals surface area contributed by atoms with Crippen molar-refractivity contribution in [3.05, 3.63) is 36.5 Å². The summed E-state index contributed by atoms with van der Waals surface area (Å²) in [6, 6.07) is 0. The van der Waals surface area contributed by atoms with Gasteiger partial charge in [-0.25, -0.2) is 0 Å². The maximum Gasteiger partial charge on any atom is 0.303 e. The van der Waals surface area contributed by atoms with E-state index < -0.39 is 12.1 Å². The van der Waals surface area contributed by atoms with Crippen LogP contribution >= 0.6 is 0 Å². The molecule has 0 spiro atoms. The van der Waals surface area contributed by atoms with Gasteiger partial charge in [0, 0.05) is 6.42 Å². The van der Waals surface area contributed by atoms with Crippen LogP contribution in [0, 0.1) is 0 Å². The molecule has 0 saturated carbocycles. The van der Waals surface area contributed by atoms with Gasteiger partial charge in [0.15, 0.2) is 0 Å². The molecule has 3 atom stereocenters. The molecule has 0 bridgehead atoms. The van der Waals surface area contributed by atoms with Crippen LogP contribution in [0.4, 0.5) is 0 Å². The fourth-order valence-electron chi connectivity index (χ4n) is 2.42. The lowest BCUT2D eigenvalue weighted by molar-refractivity contribution is -0.137. The van der Waals surface area contributed by atoms with Crippen LogP contribution in [-0.4, -0.2) is 34.5 Å². The second-order valence-corrected chi connectivity index (χ2v) is 6.29. The Morgan fingerprint density at radius 2 is 1.88 bits per heavy atom. The predicted molar refractivity (Wildman–Crippen MR) is 97.0 cm³/mol. The first-order valence-electron chi connectivity index (χ1n) is 9.17. The summed E-state index contributed by atoms with van der Waals surface area (Å²) in [5.74, 6) is -0.763. The van der Waals surface area contributed by atoms with Crippen LogP contribution in [0.5, 0.6) is 0 Å². The number of ether oxygens (including phenoxy) is 1. The second kappa shape index (κ2) is 13.0. The molecule has 0 aromatic carbocycles. The van der Waals surface area contributed by atoms with Gasteiger partial charge in [-0.05, 0) is 38.5 Å². The quantitative estimate of drug-likeness (QED) is 0.280. The van der Waals surface area contributed by atoms with E-state index in [1.165, 1.54) is 19.3 Å². The average Bonchev–Trinajstić information content (AvgIpc) is 3.30. The molecule has 0 aromatic heterocycles. The van der Waals surface area contributed by atoms with Gasteiger partial charge in [0.1, 0.15) is 6.10 Å². The van der Waals surface area contributed by atoms with Crippen LogP contribution in [0.15, 0.2) is 36.5 Å². The van der Waals surface area contributed by atoms with Crippen LogP contribution in [0.25, 0.3) is 0 Å². The summed E-state index contributed by atoms with van der Waals surface area (Å²) in [6.45, 7) is 2.21. The minimum absolute atomic E-state index is 0.138. The lowest BCUT2D eigenvalue weighted by Gasteiger charge is -1.99. The van der Waals surface area contributed by atoms with Crippen molar-refractivity contribution in [1.29, 1.82) is 0 Å². The molecule has 24 heavy (non-hydrogen) atoms. The van der Waals surface area contributed by atoms with Crippen molar-refractivity contribution in [3.63, 3.8) is 0 Å². The molecule has 1 rings (SSSR count). The molecule has 1 heterocycles. The van der Waals surface area contributed by atoms with Crippen molar-refractivity contribution in [2.45, 2.75) is 83.0 Å². The molecule has 1 fully saturated rings. The van der Waals surface area contributed by atoms with E-state index in [1.54, 1.807) is 6.08 Å². The number of unbranched alkanes of at least 4 members (excludes halogenated alkanes) is 4. The molecule has 4 heteroatoms. The fourth-order valence-corrected chi connectivity index (χ4v) is 2.42. The fraction of sp³-hybridized carbons (Fsp3) is 0.650. The molecule has 0 radical (unpaired) electrons. The number of hydrogen-bond donors (Lipinski definition) is 2. The van der Waals surface area contributed by atoms with E-state index in [1.807, 2.05) is 18.2 Å². The van der Waals surface area contributed by atoms with E-state index in [4.69, 9.17) is 9.84 Å². The van der Waals surface area contributed by atoms with Gasteiger partial charge in [0.05, 0.1) is 12.2 Å². The van der Waals surface area contributed by atoms with Crippen molar-refractivity contribution in [3.8, 4) is 0 Å². The number of carbonyl (C=O) groups is 1. The van der Waals surface area contributed by atoms with Gasteiger partial charge in [-0.2, -0.15) is 0 Å². The Balaban J connectivity index is 2.04. The maximum atomic E-state index is 10.4. The molecule has 0 aromatic rings. The molecule has 4 nitrogen and oxygen atoms in total. The summed E-state index contributed by atoms with van der Waals surface area (Å²) in [5, 5.41) is 18.4. The molecule has 1 aliphatic heterocycles. The SMILES string of the molecule is CCCCC/C=C\C[C@H]1O[C@@H]1/C=C/C(O)C/C=C\CCCC(=O)O. The Bertz CT molecular complexity index is 425. The Morgan fingerprint density at radius 3 is 2.62 bits per heavy atom. The number of aliphatic hydroxyl groups excluding tert-OH is 1. The number of aliphatic hydroxyl groups is 1. The van der Waals surface area contributed by atoms with Gasteiger partial charge in [-0.3, -0.25) is 4.79 Å². The largest absolute Gasteiger partial charge is 0.481 e. The molecule has 0 amide bonds. The topological polar surface area (TPSA) is 70.1 Å². The minimum atomic E-state index is -0.763. The Morgan fingerprint density at radius 1 is 1.12 bits per heavy atom. The van der Waals surface area contributed by atoms with Gasteiger partial charge in [0.25, 0.3) is 0 Å². The Kier molecular flexibility index (Phi) is 11.2. The number of carboxylic acids is 1. The number of carboxylic acid groups (broad SMARTS) is 1. The summed E-state index contributed by atoms with van der Waals surface area (Å²) >= 11 is 0. The molecule has 1 aliphatic rings. The van der Waals surface area contributed by atoms with E-state index in [0.29, 0.717) is 12.8 Å². The van der Waals surface area contributed by atoms with Crippen molar-refractivity contribution in [2.24, 2.45) is 0 Å². The highest BCUT2D eigenvalue weighted by Gasteiger charge is 2.34.